The molecule has 2 N–H and O–H groups in total. The Labute approximate surface area is 159 Å². The average molecular weight is 377 g/mol. The van der Waals surface area contributed by atoms with Crippen LogP contribution in [0, 0.1) is 17.7 Å². The molecule has 3 rings (SSSR count). The van der Waals surface area contributed by atoms with E-state index in [0.29, 0.717) is 31.9 Å². The minimum atomic E-state index is -0.580. The molecule has 0 spiro atoms. The third kappa shape index (κ3) is 5.30. The predicted octanol–water partition coefficient (Wildman–Crippen LogP) is 3.10. The molecule has 1 aromatic rings. The summed E-state index contributed by atoms with van der Waals surface area (Å²) in [6, 6.07) is 6.31. The van der Waals surface area contributed by atoms with Gasteiger partial charge in [-0.25, -0.2) is 4.39 Å². The molecule has 0 saturated heterocycles. The highest BCUT2D eigenvalue weighted by Crippen LogP contribution is 2.39. The number of carbonyl (C=O) groups is 1. The zero-order chi connectivity index (χ0) is 19.2. The van der Waals surface area contributed by atoms with E-state index < -0.39 is 6.29 Å². The number of aliphatic hydroxyl groups is 1. The summed E-state index contributed by atoms with van der Waals surface area (Å²) in [4.78, 5) is 12.6. The number of amides is 1. The van der Waals surface area contributed by atoms with Crippen LogP contribution in [0.2, 0.25) is 0 Å². The molecule has 0 bridgehead atoms. The number of carbonyl (C=O) groups excluding carboxylic acids is 1. The van der Waals surface area contributed by atoms with Crippen LogP contribution in [-0.4, -0.2) is 37.1 Å². The summed E-state index contributed by atoms with van der Waals surface area (Å²) in [5, 5.41) is 12.2. The number of halogens is 1. The Morgan fingerprint density at radius 2 is 2.07 bits per heavy atom. The molecule has 3 atom stereocenters. The molecule has 1 aliphatic carbocycles. The van der Waals surface area contributed by atoms with Crippen LogP contribution in [0.25, 0.3) is 0 Å². The van der Waals surface area contributed by atoms with E-state index in [2.05, 4.69) is 5.32 Å². The Kier molecular flexibility index (Phi) is 6.85. The molecule has 1 amide bonds. The second-order valence-electron chi connectivity index (χ2n) is 7.23. The van der Waals surface area contributed by atoms with Gasteiger partial charge in [-0.3, -0.25) is 4.79 Å². The van der Waals surface area contributed by atoms with E-state index in [0.717, 1.165) is 18.4 Å². The minimum Gasteiger partial charge on any atom is -0.459 e. The second-order valence-corrected chi connectivity index (χ2v) is 7.23. The fourth-order valence-electron chi connectivity index (χ4n) is 3.48. The van der Waals surface area contributed by atoms with E-state index in [9.17, 15) is 14.3 Å². The van der Waals surface area contributed by atoms with Gasteiger partial charge in [0.1, 0.15) is 5.82 Å². The van der Waals surface area contributed by atoms with Gasteiger partial charge in [-0.05, 0) is 62.3 Å². The van der Waals surface area contributed by atoms with Gasteiger partial charge in [0.2, 0.25) is 6.29 Å². The van der Waals surface area contributed by atoms with Gasteiger partial charge in [0.15, 0.2) is 5.76 Å². The fraction of sp³-hybridized carbons (Fsp3) is 0.571. The number of allylic oxidation sites excluding steroid dienone is 1. The van der Waals surface area contributed by atoms with Crippen molar-refractivity contribution in [1.29, 1.82) is 0 Å². The lowest BCUT2D eigenvalue weighted by Crippen LogP contribution is -2.39. The summed E-state index contributed by atoms with van der Waals surface area (Å²) in [7, 11) is 0. The van der Waals surface area contributed by atoms with Crippen LogP contribution in [-0.2, 0) is 14.3 Å². The van der Waals surface area contributed by atoms with E-state index in [1.807, 2.05) is 13.0 Å². The van der Waals surface area contributed by atoms with Crippen LogP contribution in [0.4, 0.5) is 4.39 Å². The molecule has 0 aromatic heterocycles. The number of nitrogens with one attached hydrogen (secondary N) is 1. The van der Waals surface area contributed by atoms with Crippen molar-refractivity contribution in [3.63, 3.8) is 0 Å². The molecule has 0 radical (unpaired) electrons. The normalized spacial score (nSPS) is 24.9. The monoisotopic (exact) mass is 377 g/mol. The standard InChI is InChI=1S/C21H28FNO4/c1-2-26-21-17(4-3-11-24)18(15-7-9-16(22)10-8-15)12-19(27-21)20(25)23-13-14-5-6-14/h7-10,12,14,17-18,21,24H,2-6,11,13H2,1H3,(H,23,25)/t17-,18-,21-/m0/s1. The summed E-state index contributed by atoms with van der Waals surface area (Å²) in [5.74, 6) is 0.0751. The van der Waals surface area contributed by atoms with Crippen molar-refractivity contribution in [2.45, 2.75) is 44.8 Å². The minimum absolute atomic E-state index is 0.0671. The Morgan fingerprint density at radius 3 is 2.70 bits per heavy atom. The van der Waals surface area contributed by atoms with E-state index in [1.165, 1.54) is 12.1 Å². The maximum atomic E-state index is 13.4. The van der Waals surface area contributed by atoms with Crippen LogP contribution in [0.1, 0.15) is 44.1 Å². The Morgan fingerprint density at radius 1 is 1.33 bits per heavy atom. The Bertz CT molecular complexity index is 657. The summed E-state index contributed by atoms with van der Waals surface area (Å²) < 4.78 is 25.1. The molecule has 5 nitrogen and oxygen atoms in total. The van der Waals surface area contributed by atoms with E-state index in [-0.39, 0.29) is 35.9 Å². The highest BCUT2D eigenvalue weighted by molar-refractivity contribution is 5.91. The largest absolute Gasteiger partial charge is 0.459 e. The molecular weight excluding hydrogens is 349 g/mol. The lowest BCUT2D eigenvalue weighted by Gasteiger charge is -2.37. The maximum absolute atomic E-state index is 13.4. The molecule has 1 heterocycles. The lowest BCUT2D eigenvalue weighted by molar-refractivity contribution is -0.166. The van der Waals surface area contributed by atoms with Crippen molar-refractivity contribution in [2.24, 2.45) is 11.8 Å². The molecular formula is C21H28FNO4. The zero-order valence-electron chi connectivity index (χ0n) is 15.7. The van der Waals surface area contributed by atoms with E-state index >= 15 is 0 Å². The molecule has 1 aliphatic heterocycles. The first-order valence-electron chi connectivity index (χ1n) is 9.77. The van der Waals surface area contributed by atoms with Gasteiger partial charge in [-0.1, -0.05) is 12.1 Å². The van der Waals surface area contributed by atoms with Gasteiger partial charge in [0.05, 0.1) is 0 Å². The fourth-order valence-corrected chi connectivity index (χ4v) is 3.48. The molecule has 148 valence electrons. The van der Waals surface area contributed by atoms with Crippen LogP contribution in [0.3, 0.4) is 0 Å². The number of ether oxygens (including phenoxy) is 2. The molecule has 1 aromatic carbocycles. The van der Waals surface area contributed by atoms with Crippen molar-refractivity contribution >= 4 is 5.91 Å². The maximum Gasteiger partial charge on any atom is 0.286 e. The van der Waals surface area contributed by atoms with Crippen molar-refractivity contribution in [3.05, 3.63) is 47.5 Å². The van der Waals surface area contributed by atoms with Crippen LogP contribution < -0.4 is 5.32 Å². The second kappa shape index (κ2) is 9.33. The van der Waals surface area contributed by atoms with E-state index in [4.69, 9.17) is 9.47 Å². The molecule has 1 fully saturated rings. The lowest BCUT2D eigenvalue weighted by atomic mass is 9.80. The van der Waals surface area contributed by atoms with Gasteiger partial charge < -0.3 is 19.9 Å². The molecule has 6 heteroatoms. The third-order valence-corrected chi connectivity index (χ3v) is 5.14. The number of benzene rings is 1. The van der Waals surface area contributed by atoms with E-state index in [1.54, 1.807) is 12.1 Å². The van der Waals surface area contributed by atoms with Gasteiger partial charge in [-0.2, -0.15) is 0 Å². The van der Waals surface area contributed by atoms with Gasteiger partial charge in [0, 0.05) is 31.6 Å². The highest BCUT2D eigenvalue weighted by Gasteiger charge is 2.38. The summed E-state index contributed by atoms with van der Waals surface area (Å²) >= 11 is 0. The zero-order valence-corrected chi connectivity index (χ0v) is 15.7. The molecule has 0 unspecified atom stereocenters. The van der Waals surface area contributed by atoms with Crippen LogP contribution in [0.15, 0.2) is 36.1 Å². The molecule has 27 heavy (non-hydrogen) atoms. The first-order chi connectivity index (χ1) is 13.1. The summed E-state index contributed by atoms with van der Waals surface area (Å²) in [6.07, 6.45) is 4.82. The van der Waals surface area contributed by atoms with Gasteiger partial charge >= 0.3 is 0 Å². The summed E-state index contributed by atoms with van der Waals surface area (Å²) in [6.45, 7) is 3.07. The molecule has 1 saturated carbocycles. The van der Waals surface area contributed by atoms with Crippen molar-refractivity contribution in [1.82, 2.24) is 5.32 Å². The molecule has 2 aliphatic rings. The number of rotatable bonds is 9. The van der Waals surface area contributed by atoms with Crippen molar-refractivity contribution in [3.8, 4) is 0 Å². The predicted molar refractivity (Wildman–Crippen MR) is 99.3 cm³/mol. The average Bonchev–Trinajstić information content (AvgIpc) is 3.50. The highest BCUT2D eigenvalue weighted by atomic mass is 19.1. The van der Waals surface area contributed by atoms with Crippen molar-refractivity contribution < 1.29 is 23.8 Å². The number of hydrogen-bond donors (Lipinski definition) is 2. The topological polar surface area (TPSA) is 67.8 Å². The number of aliphatic hydroxyl groups excluding tert-OH is 1. The first kappa shape index (κ1) is 19.8. The van der Waals surface area contributed by atoms with Crippen LogP contribution >= 0.6 is 0 Å². The third-order valence-electron chi connectivity index (χ3n) is 5.14. The smallest absolute Gasteiger partial charge is 0.286 e. The quantitative estimate of drug-likeness (QED) is 0.694. The Hall–Kier alpha value is -1.92. The van der Waals surface area contributed by atoms with Gasteiger partial charge in [-0.15, -0.1) is 0 Å². The summed E-state index contributed by atoms with van der Waals surface area (Å²) in [5.41, 5.74) is 0.903. The number of hydrogen-bond acceptors (Lipinski definition) is 4. The van der Waals surface area contributed by atoms with Gasteiger partial charge in [0.25, 0.3) is 5.91 Å². The Balaban J connectivity index is 1.86. The SMILES string of the molecule is CCO[C@H]1OC(C(=O)NCC2CC2)=C[C@@H](c2ccc(F)cc2)[C@@H]1CCCO. The first-order valence-corrected chi connectivity index (χ1v) is 9.77. The van der Waals surface area contributed by atoms with Crippen molar-refractivity contribution in [2.75, 3.05) is 19.8 Å². The van der Waals surface area contributed by atoms with Crippen LogP contribution in [0.5, 0.6) is 0 Å².